The molecule has 0 saturated carbocycles. The predicted octanol–water partition coefficient (Wildman–Crippen LogP) is 5.91. The number of ether oxygens (including phenoxy) is 4. The highest BCUT2D eigenvalue weighted by molar-refractivity contribution is 9.01. The molecule has 0 saturated heterocycles. The second-order valence-electron chi connectivity index (χ2n) is 6.10. The Kier molecular flexibility index (Phi) is 48.9. The molecule has 194 valence electrons. The summed E-state index contributed by atoms with van der Waals surface area (Å²) in [6.07, 6.45) is 5.42. The Balaban J connectivity index is -0.000000554. The summed E-state index contributed by atoms with van der Waals surface area (Å²) < 4.78 is 23.5. The Labute approximate surface area is 234 Å². The van der Waals surface area contributed by atoms with E-state index in [0.717, 1.165) is 58.5 Å². The number of rotatable bonds is 20. The van der Waals surface area contributed by atoms with Crippen molar-refractivity contribution in [1.82, 2.24) is 0 Å². The minimum Gasteiger partial charge on any atom is -0.381 e. The van der Waals surface area contributed by atoms with Gasteiger partial charge in [0.2, 0.25) is 0 Å². The third kappa shape index (κ3) is 32.6. The van der Waals surface area contributed by atoms with Gasteiger partial charge in [-0.1, -0.05) is 30.7 Å². The van der Waals surface area contributed by atoms with E-state index in [-0.39, 0.29) is 12.8 Å². The van der Waals surface area contributed by atoms with E-state index in [4.69, 9.17) is 18.9 Å². The maximum Gasteiger partial charge on any atom is 0.0637 e. The molecule has 31 heavy (non-hydrogen) atoms. The van der Waals surface area contributed by atoms with Crippen molar-refractivity contribution >= 4 is 96.3 Å². The monoisotopic (exact) mass is 594 g/mol. The number of hydrogen-bond donors (Lipinski definition) is 7. The van der Waals surface area contributed by atoms with Crippen LogP contribution in [0.25, 0.3) is 0 Å². The molecule has 0 aromatic carbocycles. The van der Waals surface area contributed by atoms with Crippen LogP contribution >= 0.6 is 96.3 Å². The molecule has 0 radical (unpaired) electrons. The van der Waals surface area contributed by atoms with E-state index in [1.54, 1.807) is 6.26 Å². The van der Waals surface area contributed by atoms with Crippen LogP contribution in [0.1, 0.15) is 33.1 Å². The molecule has 12 heteroatoms. The van der Waals surface area contributed by atoms with Crippen LogP contribution in [0.4, 0.5) is 0 Å². The van der Waals surface area contributed by atoms with Crippen LogP contribution in [0.2, 0.25) is 0 Å². The summed E-state index contributed by atoms with van der Waals surface area (Å²) >= 11 is 27.6. The van der Waals surface area contributed by atoms with Crippen molar-refractivity contribution in [3.05, 3.63) is 0 Å². The molecular weight excluding hydrogens is 549 g/mol. The predicted molar refractivity (Wildman–Crippen MR) is 167 cm³/mol. The van der Waals surface area contributed by atoms with Crippen LogP contribution in [0.5, 0.6) is 0 Å². The molecule has 0 heterocycles. The lowest BCUT2D eigenvalue weighted by atomic mass is 9.92. The quantitative estimate of drug-likeness (QED) is 0.0542. The Morgan fingerprint density at radius 3 is 0.903 bits per heavy atom. The van der Waals surface area contributed by atoms with Gasteiger partial charge in [0.05, 0.1) is 31.8 Å². The highest BCUT2D eigenvalue weighted by Crippen LogP contribution is 2.21. The molecule has 0 atom stereocenters. The molecule has 0 aliphatic heterocycles. The number of hydrogen-bond acceptors (Lipinski definition) is 12. The minimum atomic E-state index is -0.291. The molecule has 0 spiro atoms. The van der Waals surface area contributed by atoms with E-state index in [1.165, 1.54) is 0 Å². The average Bonchev–Trinajstić information content (AvgIpc) is 2.77. The lowest BCUT2D eigenvalue weighted by Gasteiger charge is -2.33. The lowest BCUT2D eigenvalue weighted by molar-refractivity contribution is -0.106. The summed E-state index contributed by atoms with van der Waals surface area (Å²) in [5.41, 5.74) is -0.291. The van der Waals surface area contributed by atoms with Gasteiger partial charge < -0.3 is 18.9 Å². The molecule has 0 fully saturated rings. The second kappa shape index (κ2) is 37.2. The van der Waals surface area contributed by atoms with Crippen molar-refractivity contribution in [2.24, 2.45) is 5.41 Å². The Morgan fingerprint density at radius 2 is 0.742 bits per heavy atom. The van der Waals surface area contributed by atoms with E-state index in [9.17, 15) is 0 Å². The van der Waals surface area contributed by atoms with Crippen LogP contribution < -0.4 is 0 Å². The zero-order valence-electron chi connectivity index (χ0n) is 18.0. The van der Waals surface area contributed by atoms with Crippen LogP contribution in [0, 0.1) is 5.41 Å². The third-order valence-corrected chi connectivity index (χ3v) is 4.69. The average molecular weight is 595 g/mol. The fraction of sp³-hybridized carbons (Fsp3) is 1.00. The second-order valence-corrected chi connectivity index (χ2v) is 10.0. The molecule has 0 unspecified atom stereocenters. The van der Waals surface area contributed by atoms with Gasteiger partial charge >= 0.3 is 0 Å². The van der Waals surface area contributed by atoms with Gasteiger partial charge in [0.1, 0.15) is 0 Å². The van der Waals surface area contributed by atoms with Crippen LogP contribution in [-0.2, 0) is 18.9 Å². The standard InChI is InChI=1S/C17H36O4S4.CH4S.CH4.H2S3/c22-9-1-5-18-13-17(14-19-6-2-10-23,15-20-7-3-11-24)16-21-8-4-12-25;1-2;;1-3-2/h22-25H,1-16H2;2H,1H3;1H4;1-2H. The Morgan fingerprint density at radius 1 is 0.548 bits per heavy atom. The highest BCUT2D eigenvalue weighted by atomic mass is 33.5. The largest absolute Gasteiger partial charge is 0.381 e. The molecular formula is C19H46O4S8. The van der Waals surface area contributed by atoms with E-state index in [0.29, 0.717) is 52.9 Å². The summed E-state index contributed by atoms with van der Waals surface area (Å²) in [6, 6.07) is 0. The first-order chi connectivity index (χ1) is 14.7. The zero-order valence-corrected chi connectivity index (χ0v) is 25.1. The fourth-order valence-corrected chi connectivity index (χ4v) is 2.59. The maximum atomic E-state index is 5.88. The van der Waals surface area contributed by atoms with E-state index in [1.807, 2.05) is 0 Å². The van der Waals surface area contributed by atoms with Crippen molar-refractivity contribution in [2.45, 2.75) is 33.1 Å². The Bertz CT molecular complexity index is 242. The van der Waals surface area contributed by atoms with Crippen LogP contribution in [-0.4, -0.2) is 82.1 Å². The molecule has 0 bridgehead atoms. The lowest BCUT2D eigenvalue weighted by Crippen LogP contribution is -2.42. The molecule has 0 aliphatic carbocycles. The third-order valence-electron chi connectivity index (χ3n) is 3.42. The first-order valence-corrected chi connectivity index (χ1v) is 16.1. The highest BCUT2D eigenvalue weighted by Gasteiger charge is 2.32. The molecule has 4 nitrogen and oxygen atoms in total. The summed E-state index contributed by atoms with van der Waals surface area (Å²) in [5, 5.41) is 0. The zero-order chi connectivity index (χ0) is 23.3. The Hall–Kier alpha value is 2.64. The van der Waals surface area contributed by atoms with Gasteiger partial charge in [-0.15, -0.1) is 0 Å². The van der Waals surface area contributed by atoms with Gasteiger partial charge in [0.15, 0.2) is 0 Å². The summed E-state index contributed by atoms with van der Waals surface area (Å²) in [4.78, 5) is 0. The summed E-state index contributed by atoms with van der Waals surface area (Å²) in [5.74, 6) is 3.29. The van der Waals surface area contributed by atoms with Crippen molar-refractivity contribution in [3.63, 3.8) is 0 Å². The van der Waals surface area contributed by atoms with Gasteiger partial charge in [-0.25, -0.2) is 0 Å². The normalized spacial score (nSPS) is 10.5. The van der Waals surface area contributed by atoms with Crippen LogP contribution in [0.3, 0.4) is 0 Å². The van der Waals surface area contributed by atoms with E-state index < -0.39 is 0 Å². The first kappa shape index (κ1) is 40.8. The summed E-state index contributed by atoms with van der Waals surface area (Å²) in [7, 11) is 1.14. The molecule has 0 rings (SSSR count). The van der Waals surface area contributed by atoms with Gasteiger partial charge in [-0.3, -0.25) is 0 Å². The van der Waals surface area contributed by atoms with Gasteiger partial charge in [-0.2, -0.15) is 63.1 Å². The van der Waals surface area contributed by atoms with E-state index in [2.05, 4.69) is 86.5 Å². The van der Waals surface area contributed by atoms with Crippen molar-refractivity contribution in [1.29, 1.82) is 0 Å². The maximum absolute atomic E-state index is 5.88. The van der Waals surface area contributed by atoms with Crippen LogP contribution in [0.15, 0.2) is 0 Å². The SMILES string of the molecule is C.CS.SCCCOCC(COCCCS)(COCCCS)COCCCS.SSS. The summed E-state index contributed by atoms with van der Waals surface area (Å²) in [6.45, 7) is 4.99. The van der Waals surface area contributed by atoms with Gasteiger partial charge in [0.25, 0.3) is 0 Å². The molecule has 0 amide bonds. The first-order valence-electron chi connectivity index (χ1n) is 9.80. The topological polar surface area (TPSA) is 36.9 Å². The smallest absolute Gasteiger partial charge is 0.0637 e. The van der Waals surface area contributed by atoms with Crippen molar-refractivity contribution in [2.75, 3.05) is 82.1 Å². The molecule has 0 aromatic rings. The molecule has 0 N–H and O–H groups in total. The van der Waals surface area contributed by atoms with Crippen molar-refractivity contribution < 1.29 is 18.9 Å². The molecule has 0 aromatic heterocycles. The fourth-order valence-electron chi connectivity index (χ4n) is 2.07. The molecule has 0 aliphatic rings. The van der Waals surface area contributed by atoms with Gasteiger partial charge in [-0.05, 0) is 64.8 Å². The van der Waals surface area contributed by atoms with Crippen molar-refractivity contribution in [3.8, 4) is 0 Å². The number of thiol groups is 7. The van der Waals surface area contributed by atoms with E-state index >= 15 is 0 Å². The van der Waals surface area contributed by atoms with Gasteiger partial charge in [0, 0.05) is 26.4 Å². The minimum absolute atomic E-state index is 0.